The van der Waals surface area contributed by atoms with Crippen molar-refractivity contribution in [3.63, 3.8) is 0 Å². The van der Waals surface area contributed by atoms with Crippen molar-refractivity contribution in [2.24, 2.45) is 10.7 Å². The second kappa shape index (κ2) is 12.9. The van der Waals surface area contributed by atoms with Crippen molar-refractivity contribution in [3.8, 4) is 0 Å². The third-order valence-electron chi connectivity index (χ3n) is 8.16. The Morgan fingerprint density at radius 3 is 2.45 bits per heavy atom. The SMILES string of the molecule is CC(=NCC(C)N)c1c(C)c2cnc(Nc3ccc(N4CCN(C(=O)OC(C)(C)C)CC4)cn3)nc2n(C2CCCC2)c1=O. The maximum absolute atomic E-state index is 14.0. The van der Waals surface area contributed by atoms with Gasteiger partial charge in [-0.05, 0) is 72.1 Å². The van der Waals surface area contributed by atoms with Crippen LogP contribution in [0.2, 0.25) is 0 Å². The molecule has 4 heterocycles. The van der Waals surface area contributed by atoms with Crippen LogP contribution in [0.25, 0.3) is 11.0 Å². The predicted octanol–water partition coefficient (Wildman–Crippen LogP) is 4.57. The summed E-state index contributed by atoms with van der Waals surface area (Å²) >= 11 is 0. The van der Waals surface area contributed by atoms with Gasteiger partial charge in [-0.3, -0.25) is 14.4 Å². The van der Waals surface area contributed by atoms with E-state index in [1.165, 1.54) is 0 Å². The molecule has 1 amide bonds. The number of aromatic nitrogens is 4. The Kier molecular flexibility index (Phi) is 9.19. The minimum atomic E-state index is -0.511. The smallest absolute Gasteiger partial charge is 0.410 e. The van der Waals surface area contributed by atoms with Crippen molar-refractivity contribution in [3.05, 3.63) is 46.0 Å². The van der Waals surface area contributed by atoms with E-state index in [1.807, 2.05) is 64.4 Å². The number of hydrogen-bond donors (Lipinski definition) is 2. The lowest BCUT2D eigenvalue weighted by molar-refractivity contribution is 0.0240. The summed E-state index contributed by atoms with van der Waals surface area (Å²) in [6.45, 7) is 14.4. The lowest BCUT2D eigenvalue weighted by Crippen LogP contribution is -2.50. The zero-order valence-electron chi connectivity index (χ0n) is 26.8. The molecule has 44 heavy (non-hydrogen) atoms. The van der Waals surface area contributed by atoms with Crippen molar-refractivity contribution in [1.29, 1.82) is 0 Å². The Morgan fingerprint density at radius 2 is 1.84 bits per heavy atom. The van der Waals surface area contributed by atoms with E-state index in [0.717, 1.165) is 42.3 Å². The van der Waals surface area contributed by atoms with Crippen molar-refractivity contribution in [2.75, 3.05) is 42.9 Å². The summed E-state index contributed by atoms with van der Waals surface area (Å²) in [5.74, 6) is 0.979. The molecule has 2 aliphatic rings. The normalized spacial score (nSPS) is 17.3. The van der Waals surface area contributed by atoms with E-state index in [2.05, 4.69) is 25.2 Å². The van der Waals surface area contributed by atoms with Gasteiger partial charge < -0.3 is 25.6 Å². The minimum absolute atomic E-state index is 0.0632. The first-order valence-electron chi connectivity index (χ1n) is 15.6. The number of carbonyl (C=O) groups excluding carboxylic acids is 1. The van der Waals surface area contributed by atoms with Gasteiger partial charge in [-0.15, -0.1) is 0 Å². The zero-order valence-corrected chi connectivity index (χ0v) is 26.8. The first-order chi connectivity index (χ1) is 20.9. The van der Waals surface area contributed by atoms with Crippen LogP contribution in [0.4, 0.5) is 22.2 Å². The molecular formula is C32H45N9O3. The number of nitrogens with one attached hydrogen (secondary N) is 1. The summed E-state index contributed by atoms with van der Waals surface area (Å²) in [6.07, 6.45) is 7.36. The molecule has 0 aromatic carbocycles. The molecule has 0 bridgehead atoms. The molecule has 2 fully saturated rings. The highest BCUT2D eigenvalue weighted by Gasteiger charge is 2.27. The van der Waals surface area contributed by atoms with Gasteiger partial charge in [0.1, 0.15) is 17.1 Å². The summed E-state index contributed by atoms with van der Waals surface area (Å²) < 4.78 is 7.36. The molecule has 1 saturated carbocycles. The van der Waals surface area contributed by atoms with Crippen LogP contribution in [-0.2, 0) is 4.74 Å². The maximum atomic E-state index is 14.0. The highest BCUT2D eigenvalue weighted by molar-refractivity contribution is 6.03. The van der Waals surface area contributed by atoms with Crippen LogP contribution in [0.15, 0.2) is 34.3 Å². The van der Waals surface area contributed by atoms with Gasteiger partial charge in [0.15, 0.2) is 0 Å². The van der Waals surface area contributed by atoms with Gasteiger partial charge in [0.2, 0.25) is 5.95 Å². The van der Waals surface area contributed by atoms with E-state index in [0.29, 0.717) is 61.4 Å². The molecule has 3 aromatic rings. The molecule has 12 heteroatoms. The average molecular weight is 604 g/mol. The quantitative estimate of drug-likeness (QED) is 0.371. The Morgan fingerprint density at radius 1 is 1.14 bits per heavy atom. The summed E-state index contributed by atoms with van der Waals surface area (Å²) in [4.78, 5) is 49.0. The highest BCUT2D eigenvalue weighted by Crippen LogP contribution is 2.32. The number of rotatable bonds is 7. The van der Waals surface area contributed by atoms with E-state index in [9.17, 15) is 9.59 Å². The fourth-order valence-corrected chi connectivity index (χ4v) is 5.92. The lowest BCUT2D eigenvalue weighted by Gasteiger charge is -2.36. The van der Waals surface area contributed by atoms with Gasteiger partial charge in [0.05, 0.1) is 24.0 Å². The lowest BCUT2D eigenvalue weighted by atomic mass is 10.0. The molecule has 1 saturated heterocycles. The molecule has 1 aliphatic heterocycles. The number of aryl methyl sites for hydroxylation is 1. The van der Waals surface area contributed by atoms with E-state index < -0.39 is 5.60 Å². The average Bonchev–Trinajstić information content (AvgIpc) is 3.50. The van der Waals surface area contributed by atoms with Crippen LogP contribution in [0.5, 0.6) is 0 Å². The molecule has 1 unspecified atom stereocenters. The van der Waals surface area contributed by atoms with Gasteiger partial charge in [0.25, 0.3) is 5.56 Å². The van der Waals surface area contributed by atoms with Gasteiger partial charge in [-0.2, -0.15) is 4.98 Å². The summed E-state index contributed by atoms with van der Waals surface area (Å²) in [7, 11) is 0. The molecule has 3 aromatic heterocycles. The van der Waals surface area contributed by atoms with Crippen LogP contribution in [-0.4, -0.2) is 80.6 Å². The van der Waals surface area contributed by atoms with E-state index in [4.69, 9.17) is 15.5 Å². The monoisotopic (exact) mass is 603 g/mol. The van der Waals surface area contributed by atoms with Crippen molar-refractivity contribution in [1.82, 2.24) is 24.4 Å². The molecule has 1 atom stereocenters. The third kappa shape index (κ3) is 7.01. The molecule has 5 rings (SSSR count). The van der Waals surface area contributed by atoms with Crippen LogP contribution in [0.1, 0.15) is 77.5 Å². The Balaban J connectivity index is 1.36. The van der Waals surface area contributed by atoms with Crippen molar-refractivity contribution < 1.29 is 9.53 Å². The molecule has 12 nitrogen and oxygen atoms in total. The molecule has 3 N–H and O–H groups in total. The molecule has 236 valence electrons. The van der Waals surface area contributed by atoms with Crippen LogP contribution in [0, 0.1) is 6.92 Å². The number of piperazine rings is 1. The summed E-state index contributed by atoms with van der Waals surface area (Å²) in [6, 6.07) is 3.88. The Labute approximate surface area is 258 Å². The topological polar surface area (TPSA) is 144 Å². The standard InChI is InChI=1S/C32H45N9O3/c1-20(33)17-34-22(3)27-21(2)25-19-36-30(38-28(25)41(29(27)42)23-9-7-8-10-23)37-26-12-11-24(18-35-26)39-13-15-40(16-14-39)31(43)44-32(4,5)6/h11-12,18-20,23H,7-10,13-17,33H2,1-6H3,(H,35,36,37,38). The van der Waals surface area contributed by atoms with Gasteiger partial charge >= 0.3 is 6.09 Å². The highest BCUT2D eigenvalue weighted by atomic mass is 16.6. The number of pyridine rings is 2. The van der Waals surface area contributed by atoms with Crippen LogP contribution < -0.4 is 21.5 Å². The number of nitrogens with zero attached hydrogens (tertiary/aromatic N) is 7. The number of hydrogen-bond acceptors (Lipinski definition) is 10. The van der Waals surface area contributed by atoms with Gasteiger partial charge in [-0.1, -0.05) is 12.8 Å². The van der Waals surface area contributed by atoms with Crippen LogP contribution in [0.3, 0.4) is 0 Å². The van der Waals surface area contributed by atoms with Gasteiger partial charge in [-0.25, -0.2) is 14.8 Å². The summed E-state index contributed by atoms with van der Waals surface area (Å²) in [5, 5.41) is 4.06. The number of fused-ring (bicyclic) bond motifs is 1. The van der Waals surface area contributed by atoms with Crippen molar-refractivity contribution >= 4 is 40.3 Å². The summed E-state index contributed by atoms with van der Waals surface area (Å²) in [5.41, 5.74) is 9.08. The molecule has 0 radical (unpaired) electrons. The fraction of sp³-hybridized carbons (Fsp3) is 0.562. The van der Waals surface area contributed by atoms with Crippen molar-refractivity contribution in [2.45, 2.75) is 84.9 Å². The fourth-order valence-electron chi connectivity index (χ4n) is 5.92. The largest absolute Gasteiger partial charge is 0.444 e. The first kappa shape index (κ1) is 31.4. The number of anilines is 3. The molecular weight excluding hydrogens is 558 g/mol. The number of nitrogens with two attached hydrogens (primary N) is 1. The maximum Gasteiger partial charge on any atom is 0.410 e. The molecule has 0 spiro atoms. The molecule has 1 aliphatic carbocycles. The third-order valence-corrected chi connectivity index (χ3v) is 8.16. The van der Waals surface area contributed by atoms with E-state index in [1.54, 1.807) is 11.1 Å². The minimum Gasteiger partial charge on any atom is -0.444 e. The van der Waals surface area contributed by atoms with E-state index >= 15 is 0 Å². The second-order valence-corrected chi connectivity index (χ2v) is 12.9. The first-order valence-corrected chi connectivity index (χ1v) is 15.6. The van der Waals surface area contributed by atoms with Gasteiger partial charge in [0, 0.05) is 55.6 Å². The number of aliphatic imine (C=N–C) groups is 1. The second-order valence-electron chi connectivity index (χ2n) is 12.9. The Bertz CT molecular complexity index is 1580. The number of amides is 1. The Hall–Kier alpha value is -4.06. The van der Waals surface area contributed by atoms with Crippen LogP contribution >= 0.6 is 0 Å². The number of carbonyl (C=O) groups is 1. The zero-order chi connectivity index (χ0) is 31.6. The van der Waals surface area contributed by atoms with E-state index in [-0.39, 0.29) is 23.7 Å². The predicted molar refractivity (Wildman–Crippen MR) is 174 cm³/mol. The number of ether oxygens (including phenoxy) is 1.